The third-order valence-corrected chi connectivity index (χ3v) is 4.97. The van der Waals surface area contributed by atoms with Crippen molar-refractivity contribution < 1.29 is 9.47 Å². The number of benzene rings is 2. The Labute approximate surface area is 165 Å². The maximum atomic E-state index is 5.41. The maximum absolute atomic E-state index is 5.41. The molecular formula is C23H25N3O2. The Morgan fingerprint density at radius 3 is 2.32 bits per heavy atom. The van der Waals surface area contributed by atoms with Gasteiger partial charge in [-0.3, -0.25) is 4.99 Å². The van der Waals surface area contributed by atoms with Gasteiger partial charge in [-0.25, -0.2) is 0 Å². The Balaban J connectivity index is 1.47. The Bertz CT molecular complexity index is 937. The number of aliphatic imine (C=N–C) groups is 1. The predicted octanol–water partition coefficient (Wildman–Crippen LogP) is 4.38. The van der Waals surface area contributed by atoms with E-state index in [4.69, 9.17) is 9.47 Å². The van der Waals surface area contributed by atoms with Gasteiger partial charge in [0.1, 0.15) is 5.75 Å². The van der Waals surface area contributed by atoms with Crippen LogP contribution in [0, 0.1) is 6.92 Å². The zero-order valence-electron chi connectivity index (χ0n) is 16.3. The molecule has 1 fully saturated rings. The van der Waals surface area contributed by atoms with Crippen LogP contribution in [-0.4, -0.2) is 44.2 Å². The normalized spacial score (nSPS) is 14.6. The lowest BCUT2D eigenvalue weighted by molar-refractivity contribution is 0.122. The van der Waals surface area contributed by atoms with Crippen molar-refractivity contribution in [3.8, 4) is 11.4 Å². The van der Waals surface area contributed by atoms with Crippen LogP contribution < -0.4 is 9.64 Å². The van der Waals surface area contributed by atoms with E-state index >= 15 is 0 Å². The molecule has 1 aliphatic rings. The van der Waals surface area contributed by atoms with Gasteiger partial charge in [-0.1, -0.05) is 0 Å². The Morgan fingerprint density at radius 1 is 0.964 bits per heavy atom. The summed E-state index contributed by atoms with van der Waals surface area (Å²) >= 11 is 0. The van der Waals surface area contributed by atoms with Gasteiger partial charge in [0.25, 0.3) is 0 Å². The van der Waals surface area contributed by atoms with E-state index < -0.39 is 0 Å². The van der Waals surface area contributed by atoms with Crippen molar-refractivity contribution in [3.63, 3.8) is 0 Å². The van der Waals surface area contributed by atoms with Crippen molar-refractivity contribution in [2.45, 2.75) is 6.92 Å². The lowest BCUT2D eigenvalue weighted by atomic mass is 10.2. The van der Waals surface area contributed by atoms with Gasteiger partial charge < -0.3 is 18.9 Å². The first-order valence-electron chi connectivity index (χ1n) is 9.53. The summed E-state index contributed by atoms with van der Waals surface area (Å²) in [7, 11) is 1.68. The molecule has 1 saturated heterocycles. The van der Waals surface area contributed by atoms with Gasteiger partial charge in [0.15, 0.2) is 0 Å². The van der Waals surface area contributed by atoms with Crippen molar-refractivity contribution in [1.29, 1.82) is 0 Å². The van der Waals surface area contributed by atoms with Crippen LogP contribution in [-0.2, 0) is 4.74 Å². The summed E-state index contributed by atoms with van der Waals surface area (Å²) in [4.78, 5) is 6.98. The molecule has 144 valence electrons. The lowest BCUT2D eigenvalue weighted by Gasteiger charge is -2.28. The Kier molecular flexibility index (Phi) is 5.44. The molecule has 1 aliphatic heterocycles. The van der Waals surface area contributed by atoms with Crippen LogP contribution in [0.3, 0.4) is 0 Å². The van der Waals surface area contributed by atoms with Crippen LogP contribution in [0.25, 0.3) is 5.69 Å². The molecule has 28 heavy (non-hydrogen) atoms. The van der Waals surface area contributed by atoms with E-state index in [1.807, 2.05) is 18.3 Å². The molecule has 0 amide bonds. The van der Waals surface area contributed by atoms with Crippen molar-refractivity contribution in [2.75, 3.05) is 38.3 Å². The number of morpholine rings is 1. The van der Waals surface area contributed by atoms with E-state index in [9.17, 15) is 0 Å². The molecule has 0 aliphatic carbocycles. The fourth-order valence-electron chi connectivity index (χ4n) is 3.41. The molecule has 0 spiro atoms. The summed E-state index contributed by atoms with van der Waals surface area (Å²) in [6.45, 7) is 5.58. The molecule has 4 rings (SSSR count). The van der Waals surface area contributed by atoms with E-state index in [0.29, 0.717) is 0 Å². The minimum absolute atomic E-state index is 0.796. The zero-order valence-corrected chi connectivity index (χ0v) is 16.3. The summed E-state index contributed by atoms with van der Waals surface area (Å²) in [6, 6.07) is 18.6. The minimum Gasteiger partial charge on any atom is -0.497 e. The van der Waals surface area contributed by atoms with Gasteiger partial charge in [0.2, 0.25) is 0 Å². The molecule has 0 saturated carbocycles. The monoisotopic (exact) mass is 375 g/mol. The molecular weight excluding hydrogens is 350 g/mol. The van der Waals surface area contributed by atoms with Crippen LogP contribution in [0.5, 0.6) is 5.75 Å². The van der Waals surface area contributed by atoms with Crippen molar-refractivity contribution in [3.05, 3.63) is 72.1 Å². The molecule has 5 heteroatoms. The Hall–Kier alpha value is -3.05. The number of aromatic nitrogens is 1. The first kappa shape index (κ1) is 18.3. The van der Waals surface area contributed by atoms with Gasteiger partial charge >= 0.3 is 0 Å². The first-order valence-corrected chi connectivity index (χ1v) is 9.53. The van der Waals surface area contributed by atoms with Gasteiger partial charge in [-0.2, -0.15) is 0 Å². The van der Waals surface area contributed by atoms with Crippen LogP contribution in [0.4, 0.5) is 11.4 Å². The van der Waals surface area contributed by atoms with E-state index in [1.165, 1.54) is 5.69 Å². The van der Waals surface area contributed by atoms with E-state index in [0.717, 1.165) is 54.7 Å². The molecule has 0 radical (unpaired) electrons. The first-order chi connectivity index (χ1) is 13.7. The van der Waals surface area contributed by atoms with Crippen LogP contribution in [0.2, 0.25) is 0 Å². The van der Waals surface area contributed by atoms with Crippen LogP contribution >= 0.6 is 0 Å². The quantitative estimate of drug-likeness (QED) is 0.621. The van der Waals surface area contributed by atoms with Crippen LogP contribution in [0.1, 0.15) is 11.3 Å². The molecule has 0 N–H and O–H groups in total. The second-order valence-corrected chi connectivity index (χ2v) is 6.86. The number of hydrogen-bond acceptors (Lipinski definition) is 4. The summed E-state index contributed by atoms with van der Waals surface area (Å²) in [5, 5.41) is 0. The van der Waals surface area contributed by atoms with E-state index in [-0.39, 0.29) is 0 Å². The second kappa shape index (κ2) is 8.31. The van der Waals surface area contributed by atoms with Gasteiger partial charge in [0.05, 0.1) is 26.0 Å². The standard InChI is InChI=1S/C23H25N3O2/c1-18-15-19(17-26(18)22-7-9-23(27-2)10-8-22)16-24-20-3-5-21(6-4-20)25-11-13-28-14-12-25/h3-10,15-17H,11-14H2,1-2H3. The third-order valence-electron chi connectivity index (χ3n) is 4.97. The maximum Gasteiger partial charge on any atom is 0.119 e. The number of rotatable bonds is 5. The van der Waals surface area contributed by atoms with Crippen molar-refractivity contribution in [2.24, 2.45) is 4.99 Å². The average molecular weight is 375 g/mol. The van der Waals surface area contributed by atoms with Crippen molar-refractivity contribution >= 4 is 17.6 Å². The highest BCUT2D eigenvalue weighted by Gasteiger charge is 2.10. The number of anilines is 1. The van der Waals surface area contributed by atoms with Crippen molar-refractivity contribution in [1.82, 2.24) is 4.57 Å². The third kappa shape index (κ3) is 4.10. The molecule has 1 aromatic heterocycles. The minimum atomic E-state index is 0.796. The van der Waals surface area contributed by atoms with Gasteiger partial charge in [0, 0.05) is 48.1 Å². The SMILES string of the molecule is COc1ccc(-n2cc(C=Nc3ccc(N4CCOCC4)cc3)cc2C)cc1. The molecule has 2 heterocycles. The highest BCUT2D eigenvalue weighted by Crippen LogP contribution is 2.22. The molecule has 5 nitrogen and oxygen atoms in total. The smallest absolute Gasteiger partial charge is 0.119 e. The second-order valence-electron chi connectivity index (χ2n) is 6.86. The fourth-order valence-corrected chi connectivity index (χ4v) is 3.41. The molecule has 2 aromatic carbocycles. The summed E-state index contributed by atoms with van der Waals surface area (Å²) in [6.07, 6.45) is 4.01. The molecule has 3 aromatic rings. The molecule has 0 unspecified atom stereocenters. The highest BCUT2D eigenvalue weighted by molar-refractivity contribution is 5.82. The van der Waals surface area contributed by atoms with E-state index in [2.05, 4.69) is 70.0 Å². The summed E-state index contributed by atoms with van der Waals surface area (Å²) in [5.74, 6) is 0.857. The highest BCUT2D eigenvalue weighted by atomic mass is 16.5. The number of hydrogen-bond donors (Lipinski definition) is 0. The fraction of sp³-hybridized carbons (Fsp3) is 0.261. The summed E-state index contributed by atoms with van der Waals surface area (Å²) in [5.41, 5.74) is 5.52. The zero-order chi connectivity index (χ0) is 19.3. The summed E-state index contributed by atoms with van der Waals surface area (Å²) < 4.78 is 12.8. The lowest BCUT2D eigenvalue weighted by Crippen LogP contribution is -2.36. The van der Waals surface area contributed by atoms with Gasteiger partial charge in [-0.05, 0) is 61.5 Å². The largest absolute Gasteiger partial charge is 0.497 e. The van der Waals surface area contributed by atoms with Gasteiger partial charge in [-0.15, -0.1) is 0 Å². The Morgan fingerprint density at radius 2 is 1.64 bits per heavy atom. The number of aryl methyl sites for hydroxylation is 1. The number of nitrogens with zero attached hydrogens (tertiary/aromatic N) is 3. The van der Waals surface area contributed by atoms with E-state index in [1.54, 1.807) is 7.11 Å². The van der Waals surface area contributed by atoms with Crippen LogP contribution in [0.15, 0.2) is 65.8 Å². The average Bonchev–Trinajstić information content (AvgIpc) is 3.14. The predicted molar refractivity (Wildman–Crippen MR) is 114 cm³/mol. The molecule has 0 atom stereocenters. The number of ether oxygens (including phenoxy) is 2. The topological polar surface area (TPSA) is 39.0 Å². The molecule has 0 bridgehead atoms. The number of methoxy groups -OCH3 is 1.